The molecule has 2 atom stereocenters. The number of aryl methyl sites for hydroxylation is 1. The van der Waals surface area contributed by atoms with Crippen LogP contribution in [0.4, 0.5) is 18.0 Å². The standard InChI is InChI=1S/C26H28F3NO3/c27-26(28,29)21-9-4-8-18(14-21)12-13-24(31)20-15-22-10-5-11-23(16-20)30(22)25(32)33-17-19-6-2-1-3-7-19/h1-4,6-9,14,20,22-23H,5,10-13,15-17H2. The van der Waals surface area contributed by atoms with Gasteiger partial charge in [0.15, 0.2) is 0 Å². The average molecular weight is 460 g/mol. The van der Waals surface area contributed by atoms with Crippen molar-refractivity contribution in [1.29, 1.82) is 0 Å². The van der Waals surface area contributed by atoms with Crippen molar-refractivity contribution in [3.63, 3.8) is 0 Å². The summed E-state index contributed by atoms with van der Waals surface area (Å²) in [6, 6.07) is 14.6. The monoisotopic (exact) mass is 459 g/mol. The van der Waals surface area contributed by atoms with Gasteiger partial charge in [0.2, 0.25) is 0 Å². The lowest BCUT2D eigenvalue weighted by molar-refractivity contribution is -0.137. The maximum atomic E-state index is 12.9. The van der Waals surface area contributed by atoms with Gasteiger partial charge in [-0.3, -0.25) is 4.79 Å². The highest BCUT2D eigenvalue weighted by atomic mass is 19.4. The lowest BCUT2D eigenvalue weighted by Gasteiger charge is -2.47. The number of rotatable bonds is 6. The Bertz CT molecular complexity index is 962. The summed E-state index contributed by atoms with van der Waals surface area (Å²) in [6.07, 6.45) is -0.327. The zero-order valence-corrected chi connectivity index (χ0v) is 18.4. The molecule has 4 rings (SSSR count). The molecule has 2 saturated heterocycles. The number of carbonyl (C=O) groups excluding carboxylic acids is 2. The van der Waals surface area contributed by atoms with Crippen molar-refractivity contribution < 1.29 is 27.5 Å². The van der Waals surface area contributed by atoms with Crippen LogP contribution in [-0.4, -0.2) is 28.9 Å². The van der Waals surface area contributed by atoms with E-state index in [1.54, 1.807) is 6.07 Å². The molecule has 0 N–H and O–H groups in total. The summed E-state index contributed by atoms with van der Waals surface area (Å²) in [5.74, 6) is -0.0918. The second kappa shape index (κ2) is 9.98. The molecule has 33 heavy (non-hydrogen) atoms. The zero-order chi connectivity index (χ0) is 23.4. The number of ketones is 1. The molecule has 0 aromatic heterocycles. The van der Waals surface area contributed by atoms with E-state index in [0.717, 1.165) is 37.0 Å². The molecule has 1 amide bonds. The van der Waals surface area contributed by atoms with E-state index in [2.05, 4.69) is 0 Å². The number of benzene rings is 2. The summed E-state index contributed by atoms with van der Waals surface area (Å²) in [6.45, 7) is 0.217. The van der Waals surface area contributed by atoms with Gasteiger partial charge in [0.05, 0.1) is 5.56 Å². The molecule has 2 aromatic rings. The van der Waals surface area contributed by atoms with Gasteiger partial charge in [0.25, 0.3) is 0 Å². The SMILES string of the molecule is O=C(CCc1cccc(C(F)(F)F)c1)C1CC2CCCC(C1)N2C(=O)OCc1ccccc1. The third kappa shape index (κ3) is 5.75. The largest absolute Gasteiger partial charge is 0.445 e. The van der Waals surface area contributed by atoms with Crippen LogP contribution in [0.5, 0.6) is 0 Å². The number of amides is 1. The highest BCUT2D eigenvalue weighted by molar-refractivity contribution is 5.82. The molecular weight excluding hydrogens is 431 g/mol. The Labute approximate surface area is 191 Å². The molecule has 2 unspecified atom stereocenters. The first-order valence-corrected chi connectivity index (χ1v) is 11.5. The summed E-state index contributed by atoms with van der Waals surface area (Å²) >= 11 is 0. The number of fused-ring (bicyclic) bond motifs is 2. The molecule has 0 aliphatic carbocycles. The van der Waals surface area contributed by atoms with Crippen LogP contribution in [-0.2, 0) is 28.7 Å². The first-order valence-electron chi connectivity index (χ1n) is 11.5. The Kier molecular flexibility index (Phi) is 7.05. The van der Waals surface area contributed by atoms with Gasteiger partial charge < -0.3 is 9.64 Å². The van der Waals surface area contributed by atoms with Crippen LogP contribution >= 0.6 is 0 Å². The molecular formula is C26H28F3NO3. The topological polar surface area (TPSA) is 46.6 Å². The molecule has 2 aromatic carbocycles. The summed E-state index contributed by atoms with van der Waals surface area (Å²) in [5, 5.41) is 0. The highest BCUT2D eigenvalue weighted by Crippen LogP contribution is 2.38. The molecule has 4 nitrogen and oxygen atoms in total. The van der Waals surface area contributed by atoms with Gasteiger partial charge in [-0.1, -0.05) is 48.5 Å². The van der Waals surface area contributed by atoms with Crippen LogP contribution in [0.1, 0.15) is 55.2 Å². The van der Waals surface area contributed by atoms with E-state index in [0.29, 0.717) is 18.4 Å². The van der Waals surface area contributed by atoms with E-state index < -0.39 is 11.7 Å². The van der Waals surface area contributed by atoms with Crippen LogP contribution in [0.25, 0.3) is 0 Å². The van der Waals surface area contributed by atoms with E-state index in [9.17, 15) is 22.8 Å². The minimum atomic E-state index is -4.39. The maximum Gasteiger partial charge on any atom is 0.416 e. The lowest BCUT2D eigenvalue weighted by atomic mass is 9.76. The van der Waals surface area contributed by atoms with E-state index in [4.69, 9.17) is 4.74 Å². The zero-order valence-electron chi connectivity index (χ0n) is 18.4. The number of ether oxygens (including phenoxy) is 1. The summed E-state index contributed by atoms with van der Waals surface area (Å²) in [5.41, 5.74) is 0.750. The lowest BCUT2D eigenvalue weighted by Crippen LogP contribution is -2.55. The fourth-order valence-electron chi connectivity index (χ4n) is 5.11. The Morgan fingerprint density at radius 2 is 1.61 bits per heavy atom. The number of halogens is 3. The quantitative estimate of drug-likeness (QED) is 0.519. The number of hydrogen-bond donors (Lipinski definition) is 0. The molecule has 2 fully saturated rings. The molecule has 2 aliphatic heterocycles. The molecule has 0 spiro atoms. The number of hydrogen-bond acceptors (Lipinski definition) is 3. The molecule has 176 valence electrons. The van der Waals surface area contributed by atoms with Gasteiger partial charge in [-0.15, -0.1) is 0 Å². The van der Waals surface area contributed by atoms with Crippen LogP contribution in [0.3, 0.4) is 0 Å². The smallest absolute Gasteiger partial charge is 0.416 e. The third-order valence-electron chi connectivity index (χ3n) is 6.76. The van der Waals surface area contributed by atoms with E-state index in [-0.39, 0.29) is 49.3 Å². The van der Waals surface area contributed by atoms with Crippen molar-refractivity contribution in [3.05, 3.63) is 71.3 Å². The minimum Gasteiger partial charge on any atom is -0.445 e. The fourth-order valence-corrected chi connectivity index (χ4v) is 5.11. The number of alkyl halides is 3. The molecule has 0 radical (unpaired) electrons. The maximum absolute atomic E-state index is 12.9. The van der Waals surface area contributed by atoms with Gasteiger partial charge in [-0.05, 0) is 55.7 Å². The first-order chi connectivity index (χ1) is 15.8. The number of nitrogens with zero attached hydrogens (tertiary/aromatic N) is 1. The van der Waals surface area contributed by atoms with Crippen molar-refractivity contribution in [2.45, 2.75) is 69.8 Å². The van der Waals surface area contributed by atoms with Crippen molar-refractivity contribution >= 4 is 11.9 Å². The first kappa shape index (κ1) is 23.3. The van der Waals surface area contributed by atoms with Crippen LogP contribution < -0.4 is 0 Å². The highest BCUT2D eigenvalue weighted by Gasteiger charge is 2.43. The average Bonchev–Trinajstić information content (AvgIpc) is 2.80. The molecule has 2 bridgehead atoms. The van der Waals surface area contributed by atoms with Gasteiger partial charge in [-0.25, -0.2) is 4.79 Å². The third-order valence-corrected chi connectivity index (χ3v) is 6.76. The Morgan fingerprint density at radius 3 is 2.27 bits per heavy atom. The van der Waals surface area contributed by atoms with E-state index in [1.165, 1.54) is 6.07 Å². The Balaban J connectivity index is 1.33. The predicted molar refractivity (Wildman–Crippen MR) is 117 cm³/mol. The van der Waals surface area contributed by atoms with Gasteiger partial charge in [0, 0.05) is 24.4 Å². The normalized spacial score (nSPS) is 22.6. The molecule has 2 heterocycles. The molecule has 2 aliphatic rings. The van der Waals surface area contributed by atoms with Crippen molar-refractivity contribution in [1.82, 2.24) is 4.90 Å². The molecule has 7 heteroatoms. The van der Waals surface area contributed by atoms with Crippen molar-refractivity contribution in [3.8, 4) is 0 Å². The van der Waals surface area contributed by atoms with Crippen LogP contribution in [0.15, 0.2) is 54.6 Å². The second-order valence-electron chi connectivity index (χ2n) is 9.02. The number of carbonyl (C=O) groups is 2. The van der Waals surface area contributed by atoms with E-state index >= 15 is 0 Å². The minimum absolute atomic E-state index is 0.0247. The van der Waals surface area contributed by atoms with Crippen LogP contribution in [0.2, 0.25) is 0 Å². The number of Topliss-reactive ketones (excluding diaryl/α,β-unsaturated/α-hetero) is 1. The number of piperidine rings is 2. The van der Waals surface area contributed by atoms with Crippen LogP contribution in [0, 0.1) is 5.92 Å². The fraction of sp³-hybridized carbons (Fsp3) is 0.462. The van der Waals surface area contributed by atoms with Gasteiger partial charge >= 0.3 is 12.3 Å². The predicted octanol–water partition coefficient (Wildman–Crippen LogP) is 6.18. The Morgan fingerprint density at radius 1 is 0.939 bits per heavy atom. The van der Waals surface area contributed by atoms with Gasteiger partial charge in [-0.2, -0.15) is 13.2 Å². The summed E-state index contributed by atoms with van der Waals surface area (Å²) < 4.78 is 44.4. The van der Waals surface area contributed by atoms with E-state index in [1.807, 2.05) is 35.2 Å². The van der Waals surface area contributed by atoms with Crippen molar-refractivity contribution in [2.75, 3.05) is 0 Å². The summed E-state index contributed by atoms with van der Waals surface area (Å²) in [4.78, 5) is 27.5. The van der Waals surface area contributed by atoms with Gasteiger partial charge in [0.1, 0.15) is 12.4 Å². The van der Waals surface area contributed by atoms with Crippen molar-refractivity contribution in [2.24, 2.45) is 5.92 Å². The summed E-state index contributed by atoms with van der Waals surface area (Å²) in [7, 11) is 0. The second-order valence-corrected chi connectivity index (χ2v) is 9.02. The molecule has 0 saturated carbocycles. The Hall–Kier alpha value is -2.83.